The zero-order chi connectivity index (χ0) is 20.8. The Morgan fingerprint density at radius 1 is 1.03 bits per heavy atom. The molecule has 3 aromatic rings. The minimum absolute atomic E-state index is 0.110. The van der Waals surface area contributed by atoms with E-state index < -0.39 is 0 Å². The van der Waals surface area contributed by atoms with Gasteiger partial charge in [0.1, 0.15) is 12.2 Å². The number of fused-ring (bicyclic) bond motifs is 1. The van der Waals surface area contributed by atoms with Gasteiger partial charge in [-0.05, 0) is 24.6 Å². The summed E-state index contributed by atoms with van der Waals surface area (Å²) in [5.41, 5.74) is 3.27. The molecule has 3 rings (SSSR count). The molecule has 0 aliphatic rings. The summed E-state index contributed by atoms with van der Waals surface area (Å²) in [5.74, 6) is -0.428. The fraction of sp³-hybridized carbons (Fsp3) is 0.273. The minimum Gasteiger partial charge on any atom is -0.359 e. The van der Waals surface area contributed by atoms with Crippen LogP contribution in [0.2, 0.25) is 0 Å². The van der Waals surface area contributed by atoms with Crippen LogP contribution in [0, 0.1) is 6.92 Å². The third-order valence-corrected chi connectivity index (χ3v) is 4.70. The molecule has 0 aliphatic heterocycles. The molecule has 7 heteroatoms. The first kappa shape index (κ1) is 20.3. The van der Waals surface area contributed by atoms with E-state index in [1.54, 1.807) is 25.2 Å². The van der Waals surface area contributed by atoms with Gasteiger partial charge in [0.05, 0.1) is 11.0 Å². The number of rotatable bonds is 7. The second-order valence-electron chi connectivity index (χ2n) is 6.87. The average Bonchev–Trinajstić information content (AvgIpc) is 2.73. The molecule has 2 N–H and O–H groups in total. The Morgan fingerprint density at radius 3 is 2.48 bits per heavy atom. The van der Waals surface area contributed by atoms with Crippen molar-refractivity contribution >= 4 is 22.8 Å². The molecule has 2 amide bonds. The maximum atomic E-state index is 12.9. The highest BCUT2D eigenvalue weighted by Gasteiger charge is 2.14. The molecular weight excluding hydrogens is 368 g/mol. The van der Waals surface area contributed by atoms with Crippen LogP contribution < -0.4 is 16.2 Å². The number of benzene rings is 2. The van der Waals surface area contributed by atoms with E-state index in [4.69, 9.17) is 0 Å². The Bertz CT molecular complexity index is 1090. The largest absolute Gasteiger partial charge is 0.359 e. The number of hydrogen-bond donors (Lipinski definition) is 2. The third-order valence-electron chi connectivity index (χ3n) is 4.70. The number of hydrogen-bond acceptors (Lipinski definition) is 4. The van der Waals surface area contributed by atoms with E-state index >= 15 is 0 Å². The van der Waals surface area contributed by atoms with Crippen LogP contribution in [0.3, 0.4) is 0 Å². The second-order valence-corrected chi connectivity index (χ2v) is 6.87. The topological polar surface area (TPSA) is 93.1 Å². The lowest BCUT2D eigenvalue weighted by molar-refractivity contribution is -0.122. The van der Waals surface area contributed by atoms with Gasteiger partial charge in [-0.3, -0.25) is 19.0 Å². The highest BCUT2D eigenvalue weighted by Crippen LogP contribution is 2.11. The van der Waals surface area contributed by atoms with Gasteiger partial charge in [-0.1, -0.05) is 42.0 Å². The summed E-state index contributed by atoms with van der Waals surface area (Å²) in [4.78, 5) is 41.4. The van der Waals surface area contributed by atoms with Crippen LogP contribution in [0.25, 0.3) is 11.0 Å². The van der Waals surface area contributed by atoms with E-state index in [2.05, 4.69) is 15.6 Å². The third kappa shape index (κ3) is 5.07. The van der Waals surface area contributed by atoms with E-state index in [0.29, 0.717) is 17.6 Å². The molecule has 1 heterocycles. The highest BCUT2D eigenvalue weighted by atomic mass is 16.2. The zero-order valence-electron chi connectivity index (χ0n) is 16.6. The molecule has 150 valence electrons. The summed E-state index contributed by atoms with van der Waals surface area (Å²) in [5, 5.41) is 5.39. The van der Waals surface area contributed by atoms with Crippen molar-refractivity contribution in [3.05, 3.63) is 75.7 Å². The quantitative estimate of drug-likeness (QED) is 0.640. The normalized spacial score (nSPS) is 10.7. The summed E-state index contributed by atoms with van der Waals surface area (Å²) in [6.07, 6.45) is 0.380. The van der Waals surface area contributed by atoms with Gasteiger partial charge in [-0.15, -0.1) is 0 Å². The summed E-state index contributed by atoms with van der Waals surface area (Å²) in [7, 11) is 1.55. The molecule has 0 fully saturated rings. The van der Waals surface area contributed by atoms with Gasteiger partial charge in [0.15, 0.2) is 0 Å². The lowest BCUT2D eigenvalue weighted by Gasteiger charge is -2.12. The Labute approximate surface area is 168 Å². The molecule has 0 saturated carbocycles. The molecule has 0 spiro atoms. The van der Waals surface area contributed by atoms with Crippen LogP contribution in [0.15, 0.2) is 53.3 Å². The monoisotopic (exact) mass is 392 g/mol. The van der Waals surface area contributed by atoms with Crippen molar-refractivity contribution in [1.82, 2.24) is 20.2 Å². The van der Waals surface area contributed by atoms with E-state index in [0.717, 1.165) is 11.1 Å². The van der Waals surface area contributed by atoms with E-state index in [1.165, 1.54) is 4.57 Å². The van der Waals surface area contributed by atoms with Gasteiger partial charge < -0.3 is 10.6 Å². The van der Waals surface area contributed by atoms with Crippen LogP contribution in [0.5, 0.6) is 0 Å². The van der Waals surface area contributed by atoms with Crippen molar-refractivity contribution in [3.8, 4) is 0 Å². The molecule has 0 atom stereocenters. The fourth-order valence-electron chi connectivity index (χ4n) is 3.03. The molecular formula is C22H24N4O3. The molecule has 0 radical (unpaired) electrons. The number of para-hydroxylation sites is 2. The van der Waals surface area contributed by atoms with Gasteiger partial charge in [-0.25, -0.2) is 4.98 Å². The summed E-state index contributed by atoms with van der Waals surface area (Å²) in [6, 6.07) is 15.1. The summed E-state index contributed by atoms with van der Waals surface area (Å²) >= 11 is 0. The Kier molecular flexibility index (Phi) is 6.39. The van der Waals surface area contributed by atoms with Gasteiger partial charge >= 0.3 is 0 Å². The van der Waals surface area contributed by atoms with Crippen molar-refractivity contribution < 1.29 is 9.59 Å². The van der Waals surface area contributed by atoms with Crippen molar-refractivity contribution in [2.24, 2.45) is 0 Å². The predicted octanol–water partition coefficient (Wildman–Crippen LogP) is 1.70. The lowest BCUT2D eigenvalue weighted by atomic mass is 10.1. The number of nitrogens with zero attached hydrogens (tertiary/aromatic N) is 2. The standard InChI is InChI=1S/C22H24N4O3/c1-15-7-9-16(10-8-15)13-24-21(28)14-26-19-6-4-3-5-17(19)25-18(22(26)29)11-12-20(27)23-2/h3-10H,11-14H2,1-2H3,(H,23,27)(H,24,28). The molecule has 0 unspecified atom stereocenters. The van der Waals surface area contributed by atoms with Crippen LogP contribution in [0.4, 0.5) is 0 Å². The zero-order valence-corrected chi connectivity index (χ0v) is 16.6. The molecule has 1 aromatic heterocycles. The lowest BCUT2D eigenvalue weighted by Crippen LogP contribution is -2.34. The van der Waals surface area contributed by atoms with Gasteiger partial charge in [0.2, 0.25) is 11.8 Å². The first-order valence-electron chi connectivity index (χ1n) is 9.49. The number of aromatic nitrogens is 2. The maximum Gasteiger partial charge on any atom is 0.273 e. The number of amides is 2. The van der Waals surface area contributed by atoms with Gasteiger partial charge in [0.25, 0.3) is 5.56 Å². The number of carbonyl (C=O) groups excluding carboxylic acids is 2. The van der Waals surface area contributed by atoms with Gasteiger partial charge in [0, 0.05) is 26.4 Å². The minimum atomic E-state index is -0.349. The van der Waals surface area contributed by atoms with Crippen LogP contribution in [0.1, 0.15) is 23.2 Å². The molecule has 0 saturated heterocycles. The summed E-state index contributed by atoms with van der Waals surface area (Å²) in [6.45, 7) is 2.28. The van der Waals surface area contributed by atoms with E-state index in [1.807, 2.05) is 37.3 Å². The molecule has 0 aliphatic carbocycles. The first-order chi connectivity index (χ1) is 14.0. The van der Waals surface area contributed by atoms with E-state index in [9.17, 15) is 14.4 Å². The number of aryl methyl sites for hydroxylation is 2. The molecule has 2 aromatic carbocycles. The Balaban J connectivity index is 1.81. The number of nitrogens with one attached hydrogen (secondary N) is 2. The van der Waals surface area contributed by atoms with Crippen molar-refractivity contribution in [3.63, 3.8) is 0 Å². The van der Waals surface area contributed by atoms with Crippen molar-refractivity contribution in [1.29, 1.82) is 0 Å². The fourth-order valence-corrected chi connectivity index (χ4v) is 3.03. The van der Waals surface area contributed by atoms with Crippen LogP contribution in [-0.2, 0) is 29.1 Å². The predicted molar refractivity (Wildman–Crippen MR) is 111 cm³/mol. The highest BCUT2D eigenvalue weighted by molar-refractivity contribution is 5.80. The molecule has 0 bridgehead atoms. The smallest absolute Gasteiger partial charge is 0.273 e. The van der Waals surface area contributed by atoms with Crippen molar-refractivity contribution in [2.75, 3.05) is 7.05 Å². The van der Waals surface area contributed by atoms with E-state index in [-0.39, 0.29) is 42.5 Å². The van der Waals surface area contributed by atoms with Gasteiger partial charge in [-0.2, -0.15) is 0 Å². The average molecular weight is 392 g/mol. The SMILES string of the molecule is CNC(=O)CCc1nc2ccccc2n(CC(=O)NCc2ccc(C)cc2)c1=O. The summed E-state index contributed by atoms with van der Waals surface area (Å²) < 4.78 is 1.42. The van der Waals surface area contributed by atoms with Crippen LogP contribution >= 0.6 is 0 Å². The Morgan fingerprint density at radius 2 is 1.76 bits per heavy atom. The second kappa shape index (κ2) is 9.14. The maximum absolute atomic E-state index is 12.9. The molecule has 7 nitrogen and oxygen atoms in total. The Hall–Kier alpha value is -3.48. The van der Waals surface area contributed by atoms with Crippen LogP contribution in [-0.4, -0.2) is 28.4 Å². The molecule has 29 heavy (non-hydrogen) atoms. The first-order valence-corrected chi connectivity index (χ1v) is 9.49. The number of carbonyl (C=O) groups is 2. The van der Waals surface area contributed by atoms with Crippen molar-refractivity contribution in [2.45, 2.75) is 32.9 Å².